The molecule has 2 unspecified atom stereocenters. The molecule has 0 aromatic heterocycles. The van der Waals surface area contributed by atoms with E-state index in [0.717, 1.165) is 11.4 Å². The van der Waals surface area contributed by atoms with Crippen LogP contribution in [0.25, 0.3) is 0 Å². The molecule has 0 radical (unpaired) electrons. The molecule has 7 nitrogen and oxygen atoms in total. The maximum Gasteiger partial charge on any atom is 0.326 e. The van der Waals surface area contributed by atoms with Gasteiger partial charge in [-0.3, -0.25) is 15.3 Å². The minimum Gasteiger partial charge on any atom is -0.465 e. The predicted molar refractivity (Wildman–Crippen MR) is 74.3 cm³/mol. The van der Waals surface area contributed by atoms with Gasteiger partial charge in [0.25, 0.3) is 0 Å². The minimum atomic E-state index is -1.32. The van der Waals surface area contributed by atoms with Gasteiger partial charge < -0.3 is 20.7 Å². The molecule has 3 rings (SSSR count). The smallest absolute Gasteiger partial charge is 0.326 e. The van der Waals surface area contributed by atoms with Crippen LogP contribution in [-0.2, 0) is 19.7 Å². The van der Waals surface area contributed by atoms with Gasteiger partial charge in [0, 0.05) is 11.3 Å². The lowest BCUT2D eigenvalue weighted by atomic mass is 9.83. The summed E-state index contributed by atoms with van der Waals surface area (Å²) < 4.78 is 5.04. The highest BCUT2D eigenvalue weighted by molar-refractivity contribution is 6.19. The molecule has 20 heavy (non-hydrogen) atoms. The molecule has 0 spiro atoms. The molecule has 0 aliphatic carbocycles. The van der Waals surface area contributed by atoms with Crippen LogP contribution < -0.4 is 21.7 Å². The van der Waals surface area contributed by atoms with E-state index >= 15 is 0 Å². The third-order valence-corrected chi connectivity index (χ3v) is 3.70. The van der Waals surface area contributed by atoms with Crippen LogP contribution in [0.2, 0.25) is 0 Å². The van der Waals surface area contributed by atoms with Crippen LogP contribution in [0.1, 0.15) is 19.4 Å². The van der Waals surface area contributed by atoms with Crippen molar-refractivity contribution in [3.8, 4) is 0 Å². The first-order chi connectivity index (χ1) is 9.46. The van der Waals surface area contributed by atoms with Crippen molar-refractivity contribution in [2.75, 3.05) is 22.6 Å². The Balaban J connectivity index is 2.09. The average molecular weight is 276 g/mol. The fraction of sp³-hybridized carbons (Fsp3) is 0.385. The van der Waals surface area contributed by atoms with Crippen LogP contribution in [0.4, 0.5) is 17.1 Å². The number of anilines is 3. The summed E-state index contributed by atoms with van der Waals surface area (Å²) in [5, 5.41) is 8.77. The molecule has 5 N–H and O–H groups in total. The second-order valence-corrected chi connectivity index (χ2v) is 5.01. The first-order valence-corrected chi connectivity index (χ1v) is 6.42. The van der Waals surface area contributed by atoms with E-state index < -0.39 is 11.4 Å². The summed E-state index contributed by atoms with van der Waals surface area (Å²) >= 11 is 0. The van der Waals surface area contributed by atoms with E-state index in [0.29, 0.717) is 11.3 Å². The summed E-state index contributed by atoms with van der Waals surface area (Å²) in [7, 11) is 0. The Kier molecular flexibility index (Phi) is 2.62. The van der Waals surface area contributed by atoms with Crippen molar-refractivity contribution in [1.29, 1.82) is 0 Å². The van der Waals surface area contributed by atoms with Crippen molar-refractivity contribution in [3.05, 3.63) is 17.7 Å². The molecule has 1 aromatic rings. The van der Waals surface area contributed by atoms with Gasteiger partial charge in [-0.2, -0.15) is 0 Å². The number of fused-ring (bicyclic) bond motifs is 2. The minimum absolute atomic E-state index is 0.229. The van der Waals surface area contributed by atoms with Crippen LogP contribution in [0.3, 0.4) is 0 Å². The maximum atomic E-state index is 12.2. The Morgan fingerprint density at radius 1 is 1.35 bits per heavy atom. The lowest BCUT2D eigenvalue weighted by molar-refractivity contribution is -0.152. The van der Waals surface area contributed by atoms with Crippen molar-refractivity contribution >= 4 is 28.9 Å². The zero-order valence-corrected chi connectivity index (χ0v) is 11.2. The van der Waals surface area contributed by atoms with E-state index in [9.17, 15) is 9.59 Å². The molecule has 1 aromatic carbocycles. The Labute approximate surface area is 115 Å². The van der Waals surface area contributed by atoms with E-state index in [1.54, 1.807) is 26.0 Å². The van der Waals surface area contributed by atoms with Crippen molar-refractivity contribution in [2.45, 2.75) is 25.6 Å². The monoisotopic (exact) mass is 276 g/mol. The molecule has 2 aliphatic heterocycles. The SMILES string of the molecule is CCOC(=O)C1(C)C(=O)Nc2cc3c(cc21)NC(N)N3. The van der Waals surface area contributed by atoms with E-state index in [4.69, 9.17) is 10.5 Å². The first-order valence-electron chi connectivity index (χ1n) is 6.42. The van der Waals surface area contributed by atoms with E-state index in [-0.39, 0.29) is 18.8 Å². The molecular formula is C13H16N4O3. The second kappa shape index (κ2) is 4.11. The average Bonchev–Trinajstić information content (AvgIpc) is 2.86. The summed E-state index contributed by atoms with van der Waals surface area (Å²) in [5.74, 6) is -0.926. The molecule has 2 aliphatic rings. The van der Waals surface area contributed by atoms with E-state index in [1.807, 2.05) is 0 Å². The van der Waals surface area contributed by atoms with Gasteiger partial charge in [0.1, 0.15) is 0 Å². The maximum absolute atomic E-state index is 12.2. The summed E-state index contributed by atoms with van der Waals surface area (Å²) in [4.78, 5) is 24.3. The van der Waals surface area contributed by atoms with Gasteiger partial charge in [-0.1, -0.05) is 0 Å². The number of ether oxygens (including phenoxy) is 1. The molecule has 0 saturated heterocycles. The number of nitrogens with one attached hydrogen (secondary N) is 3. The van der Waals surface area contributed by atoms with E-state index in [2.05, 4.69) is 16.0 Å². The Morgan fingerprint density at radius 2 is 2.00 bits per heavy atom. The number of carbonyl (C=O) groups excluding carboxylic acids is 2. The number of carbonyl (C=O) groups is 2. The standard InChI is InChI=1S/C13H16N4O3/c1-3-20-11(19)13(2)6-4-8-9(17-12(14)16-8)5-7(6)15-10(13)18/h4-5,12,16-17H,3,14H2,1-2H3,(H,15,18). The van der Waals surface area contributed by atoms with Crippen molar-refractivity contribution in [2.24, 2.45) is 5.73 Å². The fourth-order valence-corrected chi connectivity index (χ4v) is 2.57. The Bertz CT molecular complexity index is 616. The molecule has 2 heterocycles. The summed E-state index contributed by atoms with van der Waals surface area (Å²) in [6.07, 6.45) is -0.378. The Morgan fingerprint density at radius 3 is 2.65 bits per heavy atom. The summed E-state index contributed by atoms with van der Waals surface area (Å²) in [6.45, 7) is 3.51. The van der Waals surface area contributed by atoms with Crippen LogP contribution in [-0.4, -0.2) is 24.8 Å². The van der Waals surface area contributed by atoms with Crippen molar-refractivity contribution < 1.29 is 14.3 Å². The normalized spacial score (nSPS) is 26.1. The molecule has 0 bridgehead atoms. The van der Waals surface area contributed by atoms with E-state index in [1.165, 1.54) is 0 Å². The molecular weight excluding hydrogens is 260 g/mol. The lowest BCUT2D eigenvalue weighted by Crippen LogP contribution is -2.40. The van der Waals surface area contributed by atoms with Crippen LogP contribution in [0.5, 0.6) is 0 Å². The van der Waals surface area contributed by atoms with Crippen molar-refractivity contribution in [1.82, 2.24) is 0 Å². The quantitative estimate of drug-likeness (QED) is 0.464. The highest BCUT2D eigenvalue weighted by Gasteiger charge is 2.51. The number of hydrogen-bond acceptors (Lipinski definition) is 6. The van der Waals surface area contributed by atoms with Gasteiger partial charge in [0.15, 0.2) is 11.7 Å². The fourth-order valence-electron chi connectivity index (χ4n) is 2.57. The molecule has 1 amide bonds. The number of esters is 1. The van der Waals surface area contributed by atoms with Gasteiger partial charge in [0.2, 0.25) is 5.91 Å². The summed E-state index contributed by atoms with van der Waals surface area (Å²) in [6, 6.07) is 3.53. The lowest BCUT2D eigenvalue weighted by Gasteiger charge is -2.20. The highest BCUT2D eigenvalue weighted by Crippen LogP contribution is 2.44. The highest BCUT2D eigenvalue weighted by atomic mass is 16.5. The van der Waals surface area contributed by atoms with Gasteiger partial charge in [-0.15, -0.1) is 0 Å². The van der Waals surface area contributed by atoms with Gasteiger partial charge in [-0.25, -0.2) is 0 Å². The first kappa shape index (κ1) is 12.7. The van der Waals surface area contributed by atoms with Crippen molar-refractivity contribution in [3.63, 3.8) is 0 Å². The molecule has 7 heteroatoms. The number of nitrogens with two attached hydrogens (primary N) is 1. The van der Waals surface area contributed by atoms with Crippen LogP contribution in [0, 0.1) is 0 Å². The number of hydrogen-bond donors (Lipinski definition) is 4. The third-order valence-electron chi connectivity index (χ3n) is 3.70. The topological polar surface area (TPSA) is 105 Å². The van der Waals surface area contributed by atoms with Gasteiger partial charge in [0.05, 0.1) is 18.0 Å². The summed E-state index contributed by atoms with van der Waals surface area (Å²) in [5.41, 5.74) is 7.19. The zero-order valence-electron chi connectivity index (χ0n) is 11.2. The third kappa shape index (κ3) is 1.56. The van der Waals surface area contributed by atoms with Gasteiger partial charge >= 0.3 is 5.97 Å². The predicted octanol–water partition coefficient (Wildman–Crippen LogP) is 0.539. The van der Waals surface area contributed by atoms with Gasteiger partial charge in [-0.05, 0) is 26.0 Å². The zero-order chi connectivity index (χ0) is 14.5. The second-order valence-electron chi connectivity index (χ2n) is 5.01. The number of benzene rings is 1. The number of amides is 1. The number of rotatable bonds is 2. The van der Waals surface area contributed by atoms with Crippen LogP contribution in [0.15, 0.2) is 12.1 Å². The molecule has 0 fully saturated rings. The molecule has 2 atom stereocenters. The van der Waals surface area contributed by atoms with Crippen LogP contribution >= 0.6 is 0 Å². The largest absolute Gasteiger partial charge is 0.465 e. The Hall–Kier alpha value is -2.28. The molecule has 0 saturated carbocycles. The molecule has 106 valence electrons.